The molecule has 0 bridgehead atoms. The van der Waals surface area contributed by atoms with Crippen LogP contribution in [0.15, 0.2) is 88.8 Å². The van der Waals surface area contributed by atoms with Crippen molar-refractivity contribution in [1.29, 1.82) is 0 Å². The van der Waals surface area contributed by atoms with Crippen LogP contribution >= 0.6 is 0 Å². The van der Waals surface area contributed by atoms with Gasteiger partial charge in [0.05, 0.1) is 19.7 Å². The van der Waals surface area contributed by atoms with Crippen LogP contribution < -0.4 is 16.2 Å². The summed E-state index contributed by atoms with van der Waals surface area (Å²) in [6.07, 6.45) is 1.80. The van der Waals surface area contributed by atoms with Crippen molar-refractivity contribution >= 4 is 5.96 Å². The molecule has 6 nitrogen and oxygen atoms in total. The van der Waals surface area contributed by atoms with Crippen LogP contribution in [0.25, 0.3) is 0 Å². The van der Waals surface area contributed by atoms with Crippen LogP contribution in [0.1, 0.15) is 29.5 Å². The number of guanidine groups is 1. The van der Waals surface area contributed by atoms with Gasteiger partial charge in [0.1, 0.15) is 0 Å². The second-order valence-electron chi connectivity index (χ2n) is 7.35. The molecule has 0 spiro atoms. The van der Waals surface area contributed by atoms with Crippen molar-refractivity contribution in [2.45, 2.75) is 25.9 Å². The highest BCUT2D eigenvalue weighted by atomic mass is 16.3. The van der Waals surface area contributed by atoms with Crippen molar-refractivity contribution < 1.29 is 5.11 Å². The second kappa shape index (κ2) is 11.7. The minimum atomic E-state index is -0.00535. The lowest BCUT2D eigenvalue weighted by atomic mass is 10.0. The first-order valence-corrected chi connectivity index (χ1v) is 10.6. The number of aliphatic imine (C=N–C) groups is 1. The van der Waals surface area contributed by atoms with Crippen LogP contribution in [0.3, 0.4) is 0 Å². The molecule has 3 N–H and O–H groups in total. The molecule has 3 rings (SSSR count). The summed E-state index contributed by atoms with van der Waals surface area (Å²) in [5.74, 6) is 0.725. The molecule has 0 fully saturated rings. The SMILES string of the molecule is CCNC(=NCc1ccc(Cn2ccccc2=O)cc1)NCC(CO)c1ccccc1. The Morgan fingerprint density at radius 1 is 0.968 bits per heavy atom. The van der Waals surface area contributed by atoms with Gasteiger partial charge in [-0.1, -0.05) is 60.7 Å². The Balaban J connectivity index is 1.59. The average Bonchev–Trinajstić information content (AvgIpc) is 2.81. The van der Waals surface area contributed by atoms with Gasteiger partial charge in [0.15, 0.2) is 5.96 Å². The molecule has 0 saturated heterocycles. The van der Waals surface area contributed by atoms with Gasteiger partial charge in [-0.3, -0.25) is 4.79 Å². The number of rotatable bonds is 9. The van der Waals surface area contributed by atoms with E-state index in [-0.39, 0.29) is 18.1 Å². The third kappa shape index (κ3) is 6.83. The van der Waals surface area contributed by atoms with Crippen molar-refractivity contribution in [3.8, 4) is 0 Å². The van der Waals surface area contributed by atoms with Gasteiger partial charge in [-0.2, -0.15) is 0 Å². The van der Waals surface area contributed by atoms with Crippen LogP contribution in [0.2, 0.25) is 0 Å². The van der Waals surface area contributed by atoms with Crippen molar-refractivity contribution in [2.24, 2.45) is 4.99 Å². The number of nitrogens with one attached hydrogen (secondary N) is 2. The zero-order chi connectivity index (χ0) is 21.9. The van der Waals surface area contributed by atoms with E-state index in [2.05, 4.69) is 15.6 Å². The Bertz CT molecular complexity index is 1010. The van der Waals surface area contributed by atoms with E-state index in [1.54, 1.807) is 22.9 Å². The summed E-state index contributed by atoms with van der Waals surface area (Å²) >= 11 is 0. The van der Waals surface area contributed by atoms with Crippen LogP contribution in [0, 0.1) is 0 Å². The summed E-state index contributed by atoms with van der Waals surface area (Å²) in [7, 11) is 0. The summed E-state index contributed by atoms with van der Waals surface area (Å²) in [6, 6.07) is 23.3. The molecule has 31 heavy (non-hydrogen) atoms. The van der Waals surface area contributed by atoms with Crippen molar-refractivity contribution in [1.82, 2.24) is 15.2 Å². The minimum Gasteiger partial charge on any atom is -0.396 e. The molecule has 3 aromatic rings. The zero-order valence-corrected chi connectivity index (χ0v) is 17.9. The molecule has 2 aromatic carbocycles. The Morgan fingerprint density at radius 2 is 1.68 bits per heavy atom. The van der Waals surface area contributed by atoms with Gasteiger partial charge in [0.2, 0.25) is 0 Å². The van der Waals surface area contributed by atoms with E-state index >= 15 is 0 Å². The fourth-order valence-electron chi connectivity index (χ4n) is 3.28. The van der Waals surface area contributed by atoms with E-state index in [4.69, 9.17) is 0 Å². The lowest BCUT2D eigenvalue weighted by molar-refractivity contribution is 0.265. The molecule has 0 aliphatic rings. The van der Waals surface area contributed by atoms with Crippen molar-refractivity contribution in [3.63, 3.8) is 0 Å². The zero-order valence-electron chi connectivity index (χ0n) is 17.9. The first-order chi connectivity index (χ1) is 15.2. The number of aliphatic hydroxyl groups excluding tert-OH is 1. The Hall–Kier alpha value is -3.38. The smallest absolute Gasteiger partial charge is 0.250 e. The summed E-state index contributed by atoms with van der Waals surface area (Å²) in [4.78, 5) is 16.5. The number of aliphatic hydroxyl groups is 1. The van der Waals surface area contributed by atoms with Gasteiger partial charge in [-0.05, 0) is 29.7 Å². The summed E-state index contributed by atoms with van der Waals surface area (Å²) in [5, 5.41) is 16.3. The lowest BCUT2D eigenvalue weighted by Crippen LogP contribution is -2.39. The van der Waals surface area contributed by atoms with E-state index in [9.17, 15) is 9.90 Å². The monoisotopic (exact) mass is 418 g/mol. The first kappa shape index (κ1) is 22.3. The molecule has 1 unspecified atom stereocenters. The Labute approximate surface area is 183 Å². The topological polar surface area (TPSA) is 78.7 Å². The highest BCUT2D eigenvalue weighted by Gasteiger charge is 2.10. The minimum absolute atomic E-state index is 0.00531. The van der Waals surface area contributed by atoms with Gasteiger partial charge in [-0.25, -0.2) is 4.99 Å². The number of hydrogen-bond donors (Lipinski definition) is 3. The maximum Gasteiger partial charge on any atom is 0.250 e. The molecule has 0 amide bonds. The molecule has 0 aliphatic carbocycles. The van der Waals surface area contributed by atoms with E-state index in [1.807, 2.05) is 67.6 Å². The highest BCUT2D eigenvalue weighted by molar-refractivity contribution is 5.79. The maximum atomic E-state index is 11.9. The Kier molecular flexibility index (Phi) is 8.43. The van der Waals surface area contributed by atoms with Crippen LogP contribution in [0.5, 0.6) is 0 Å². The van der Waals surface area contributed by atoms with Gasteiger partial charge in [0.25, 0.3) is 5.56 Å². The molecule has 1 atom stereocenters. The molecular weight excluding hydrogens is 388 g/mol. The third-order valence-corrected chi connectivity index (χ3v) is 5.05. The molecular formula is C25H30N4O2. The predicted octanol–water partition coefficient (Wildman–Crippen LogP) is 2.73. The summed E-state index contributed by atoms with van der Waals surface area (Å²) < 4.78 is 1.69. The number of benzene rings is 2. The fourth-order valence-corrected chi connectivity index (χ4v) is 3.28. The number of hydrogen-bond acceptors (Lipinski definition) is 3. The second-order valence-corrected chi connectivity index (χ2v) is 7.35. The molecule has 1 aromatic heterocycles. The van der Waals surface area contributed by atoms with Crippen molar-refractivity contribution in [3.05, 3.63) is 106 Å². The van der Waals surface area contributed by atoms with Gasteiger partial charge < -0.3 is 20.3 Å². The van der Waals surface area contributed by atoms with Crippen molar-refractivity contribution in [2.75, 3.05) is 19.7 Å². The maximum absolute atomic E-state index is 11.9. The standard InChI is InChI=1S/C25H30N4O2/c1-2-26-25(28-17-23(19-30)22-8-4-3-5-9-22)27-16-20-11-13-21(14-12-20)18-29-15-7-6-10-24(29)31/h3-15,23,30H,2,16-19H2,1H3,(H2,26,27,28). The van der Waals surface area contributed by atoms with Gasteiger partial charge >= 0.3 is 0 Å². The highest BCUT2D eigenvalue weighted by Crippen LogP contribution is 2.13. The molecule has 0 saturated carbocycles. The largest absolute Gasteiger partial charge is 0.396 e. The first-order valence-electron chi connectivity index (χ1n) is 10.6. The van der Waals surface area contributed by atoms with Gasteiger partial charge in [-0.15, -0.1) is 0 Å². The molecule has 0 aliphatic heterocycles. The number of aromatic nitrogens is 1. The molecule has 0 radical (unpaired) electrons. The lowest BCUT2D eigenvalue weighted by Gasteiger charge is -2.18. The van der Waals surface area contributed by atoms with Crippen LogP contribution in [-0.4, -0.2) is 35.3 Å². The summed E-state index contributed by atoms with van der Waals surface area (Å²) in [5.41, 5.74) is 3.25. The van der Waals surface area contributed by atoms with Gasteiger partial charge in [0, 0.05) is 31.3 Å². The molecule has 162 valence electrons. The van der Waals surface area contributed by atoms with Crippen LogP contribution in [-0.2, 0) is 13.1 Å². The Morgan fingerprint density at radius 3 is 2.35 bits per heavy atom. The molecule has 6 heteroatoms. The van der Waals surface area contributed by atoms with E-state index in [0.717, 1.165) is 29.2 Å². The third-order valence-electron chi connectivity index (χ3n) is 5.05. The fraction of sp³-hybridized carbons (Fsp3) is 0.280. The van der Waals surface area contributed by atoms with E-state index in [1.165, 1.54) is 0 Å². The predicted molar refractivity (Wildman–Crippen MR) is 125 cm³/mol. The molecule has 1 heterocycles. The van der Waals surface area contributed by atoms with Crippen LogP contribution in [0.4, 0.5) is 0 Å². The van der Waals surface area contributed by atoms with E-state index < -0.39 is 0 Å². The number of nitrogens with zero attached hydrogens (tertiary/aromatic N) is 2. The summed E-state index contributed by atoms with van der Waals surface area (Å²) in [6.45, 7) is 4.54. The quantitative estimate of drug-likeness (QED) is 0.369. The average molecular weight is 419 g/mol. The van der Waals surface area contributed by atoms with E-state index in [0.29, 0.717) is 19.6 Å². The normalized spacial score (nSPS) is 12.4. The number of pyridine rings is 1.